The summed E-state index contributed by atoms with van der Waals surface area (Å²) in [5, 5.41) is 3.43. The van der Waals surface area contributed by atoms with E-state index in [0.717, 1.165) is 32.3 Å². The third-order valence-electron chi connectivity index (χ3n) is 2.50. The van der Waals surface area contributed by atoms with Gasteiger partial charge in [0.2, 0.25) is 0 Å². The Morgan fingerprint density at radius 2 is 2.46 bits per heavy atom. The van der Waals surface area contributed by atoms with Crippen LogP contribution in [0.3, 0.4) is 0 Å². The third-order valence-corrected chi connectivity index (χ3v) is 2.50. The minimum absolute atomic E-state index is 0.502. The molecule has 0 radical (unpaired) electrons. The van der Waals surface area contributed by atoms with E-state index in [1.165, 1.54) is 12.8 Å². The van der Waals surface area contributed by atoms with Crippen LogP contribution < -0.4 is 5.32 Å². The molecular weight excluding hydrogens is 166 g/mol. The lowest BCUT2D eigenvalue weighted by Crippen LogP contribution is -2.35. The Hall–Kier alpha value is -0.120. The van der Waals surface area contributed by atoms with Crippen LogP contribution >= 0.6 is 0 Å². The van der Waals surface area contributed by atoms with Crippen molar-refractivity contribution in [1.29, 1.82) is 0 Å². The number of rotatable bonds is 6. The van der Waals surface area contributed by atoms with E-state index in [0.29, 0.717) is 6.04 Å². The van der Waals surface area contributed by atoms with E-state index < -0.39 is 0 Å². The quantitative estimate of drug-likeness (QED) is 0.674. The van der Waals surface area contributed by atoms with E-state index in [9.17, 15) is 0 Å². The zero-order chi connectivity index (χ0) is 9.52. The zero-order valence-electron chi connectivity index (χ0n) is 8.71. The maximum Gasteiger partial charge on any atom is 0.0615 e. The molecule has 0 saturated carbocycles. The molecule has 3 heteroatoms. The van der Waals surface area contributed by atoms with Crippen LogP contribution in [0.5, 0.6) is 0 Å². The number of hydrogen-bond acceptors (Lipinski definition) is 3. The van der Waals surface area contributed by atoms with E-state index in [4.69, 9.17) is 9.47 Å². The third kappa shape index (κ3) is 4.07. The molecule has 1 heterocycles. The Kier molecular flexibility index (Phi) is 5.35. The van der Waals surface area contributed by atoms with Gasteiger partial charge in [-0.3, -0.25) is 0 Å². The summed E-state index contributed by atoms with van der Waals surface area (Å²) in [5.41, 5.74) is 0. The summed E-state index contributed by atoms with van der Waals surface area (Å²) >= 11 is 0. The Labute approximate surface area is 80.8 Å². The topological polar surface area (TPSA) is 30.5 Å². The van der Waals surface area contributed by atoms with Gasteiger partial charge in [0.1, 0.15) is 0 Å². The molecule has 0 bridgehead atoms. The molecule has 1 aliphatic heterocycles. The van der Waals surface area contributed by atoms with Crippen LogP contribution in [0.1, 0.15) is 19.8 Å². The summed E-state index contributed by atoms with van der Waals surface area (Å²) in [4.78, 5) is 0. The molecule has 0 aliphatic carbocycles. The summed E-state index contributed by atoms with van der Waals surface area (Å²) in [6.45, 7) is 5.84. The van der Waals surface area contributed by atoms with E-state index in [1.54, 1.807) is 7.11 Å². The molecule has 1 saturated heterocycles. The lowest BCUT2D eigenvalue weighted by Gasteiger charge is -2.19. The van der Waals surface area contributed by atoms with Crippen molar-refractivity contribution in [3.63, 3.8) is 0 Å². The highest BCUT2D eigenvalue weighted by Gasteiger charge is 2.19. The maximum atomic E-state index is 5.35. The highest BCUT2D eigenvalue weighted by Crippen LogP contribution is 2.18. The first-order chi connectivity index (χ1) is 6.36. The molecule has 1 aliphatic rings. The van der Waals surface area contributed by atoms with Crippen molar-refractivity contribution in [3.05, 3.63) is 0 Å². The lowest BCUT2D eigenvalue weighted by molar-refractivity contribution is 0.146. The van der Waals surface area contributed by atoms with E-state index in [2.05, 4.69) is 12.2 Å². The molecule has 0 aromatic heterocycles. The monoisotopic (exact) mass is 187 g/mol. The van der Waals surface area contributed by atoms with E-state index in [1.807, 2.05) is 0 Å². The van der Waals surface area contributed by atoms with Crippen molar-refractivity contribution in [1.82, 2.24) is 5.32 Å². The van der Waals surface area contributed by atoms with Crippen LogP contribution in [0.2, 0.25) is 0 Å². The summed E-state index contributed by atoms with van der Waals surface area (Å²) < 4.78 is 10.5. The van der Waals surface area contributed by atoms with Crippen LogP contribution in [0.15, 0.2) is 0 Å². The van der Waals surface area contributed by atoms with Gasteiger partial charge >= 0.3 is 0 Å². The number of hydrogen-bond donors (Lipinski definition) is 1. The standard InChI is InChI=1S/C10H21NO2/c1-3-11-10(8-12-2)6-9-4-5-13-7-9/h9-11H,3-8H2,1-2H3. The molecule has 78 valence electrons. The number of nitrogens with one attached hydrogen (secondary N) is 1. The fourth-order valence-electron chi connectivity index (χ4n) is 1.87. The van der Waals surface area contributed by atoms with Gasteiger partial charge in [0.05, 0.1) is 6.61 Å². The van der Waals surface area contributed by atoms with Gasteiger partial charge in [0.15, 0.2) is 0 Å². The van der Waals surface area contributed by atoms with E-state index in [-0.39, 0.29) is 0 Å². The van der Waals surface area contributed by atoms with Crippen molar-refractivity contribution in [2.75, 3.05) is 33.5 Å². The highest BCUT2D eigenvalue weighted by molar-refractivity contribution is 4.73. The number of ether oxygens (including phenoxy) is 2. The molecule has 3 nitrogen and oxygen atoms in total. The molecule has 2 atom stereocenters. The first kappa shape index (κ1) is 11.0. The summed E-state index contributed by atoms with van der Waals surface area (Å²) in [7, 11) is 1.76. The molecular formula is C10H21NO2. The molecule has 2 unspecified atom stereocenters. The van der Waals surface area contributed by atoms with Gasteiger partial charge in [-0.25, -0.2) is 0 Å². The van der Waals surface area contributed by atoms with Crippen molar-refractivity contribution in [2.45, 2.75) is 25.8 Å². The average molecular weight is 187 g/mol. The van der Waals surface area contributed by atoms with E-state index >= 15 is 0 Å². The molecule has 1 N–H and O–H groups in total. The molecule has 1 rings (SSSR count). The van der Waals surface area contributed by atoms with Gasteiger partial charge in [0.25, 0.3) is 0 Å². The first-order valence-electron chi connectivity index (χ1n) is 5.16. The second-order valence-electron chi connectivity index (χ2n) is 3.68. The predicted molar refractivity (Wildman–Crippen MR) is 52.9 cm³/mol. The van der Waals surface area contributed by atoms with Gasteiger partial charge in [0, 0.05) is 26.4 Å². The molecule has 1 fully saturated rings. The second kappa shape index (κ2) is 6.35. The summed E-state index contributed by atoms with van der Waals surface area (Å²) in [6.07, 6.45) is 2.40. The van der Waals surface area contributed by atoms with Crippen molar-refractivity contribution < 1.29 is 9.47 Å². The Morgan fingerprint density at radius 3 is 3.00 bits per heavy atom. The molecule has 0 spiro atoms. The Morgan fingerprint density at radius 1 is 1.62 bits per heavy atom. The molecule has 0 aromatic rings. The van der Waals surface area contributed by atoms with Crippen molar-refractivity contribution in [2.24, 2.45) is 5.92 Å². The SMILES string of the molecule is CCNC(COC)CC1CCOC1. The van der Waals surface area contributed by atoms with Gasteiger partial charge < -0.3 is 14.8 Å². The van der Waals surface area contributed by atoms with Crippen LogP contribution in [0, 0.1) is 5.92 Å². The van der Waals surface area contributed by atoms with Gasteiger partial charge in [-0.2, -0.15) is 0 Å². The highest BCUT2D eigenvalue weighted by atomic mass is 16.5. The zero-order valence-corrected chi connectivity index (χ0v) is 8.71. The first-order valence-corrected chi connectivity index (χ1v) is 5.16. The Balaban J connectivity index is 2.19. The molecule has 13 heavy (non-hydrogen) atoms. The summed E-state index contributed by atoms with van der Waals surface area (Å²) in [5.74, 6) is 0.735. The van der Waals surface area contributed by atoms with Crippen molar-refractivity contribution >= 4 is 0 Å². The maximum absolute atomic E-state index is 5.35. The number of methoxy groups -OCH3 is 1. The lowest BCUT2D eigenvalue weighted by atomic mass is 10.00. The molecule has 0 aromatic carbocycles. The molecule has 0 amide bonds. The predicted octanol–water partition coefficient (Wildman–Crippen LogP) is 1.04. The van der Waals surface area contributed by atoms with Crippen LogP contribution in [0.4, 0.5) is 0 Å². The number of likely N-dealkylation sites (N-methyl/N-ethyl adjacent to an activating group) is 1. The van der Waals surface area contributed by atoms with Gasteiger partial charge in [-0.1, -0.05) is 6.92 Å². The Bertz CT molecular complexity index is 118. The van der Waals surface area contributed by atoms with Crippen LogP contribution in [-0.4, -0.2) is 39.5 Å². The largest absolute Gasteiger partial charge is 0.383 e. The van der Waals surface area contributed by atoms with Crippen LogP contribution in [0.25, 0.3) is 0 Å². The average Bonchev–Trinajstić information content (AvgIpc) is 2.58. The minimum Gasteiger partial charge on any atom is -0.383 e. The normalized spacial score (nSPS) is 24.9. The second-order valence-corrected chi connectivity index (χ2v) is 3.68. The minimum atomic E-state index is 0.502. The van der Waals surface area contributed by atoms with Crippen molar-refractivity contribution in [3.8, 4) is 0 Å². The fraction of sp³-hybridized carbons (Fsp3) is 1.00. The van der Waals surface area contributed by atoms with Gasteiger partial charge in [-0.05, 0) is 25.3 Å². The van der Waals surface area contributed by atoms with Crippen LogP contribution in [-0.2, 0) is 9.47 Å². The summed E-state index contributed by atoms with van der Waals surface area (Å²) in [6, 6.07) is 0.502. The van der Waals surface area contributed by atoms with Gasteiger partial charge in [-0.15, -0.1) is 0 Å². The smallest absolute Gasteiger partial charge is 0.0615 e. The fourth-order valence-corrected chi connectivity index (χ4v) is 1.87.